The summed E-state index contributed by atoms with van der Waals surface area (Å²) in [6, 6.07) is 24.6. The van der Waals surface area contributed by atoms with Gasteiger partial charge in [-0.1, -0.05) is 65.9 Å². The van der Waals surface area contributed by atoms with Gasteiger partial charge in [-0.15, -0.1) is 10.2 Å². The van der Waals surface area contributed by atoms with Crippen molar-refractivity contribution in [2.45, 2.75) is 31.4 Å². The number of hydrogen-bond donors (Lipinski definition) is 0. The van der Waals surface area contributed by atoms with Gasteiger partial charge in [-0.05, 0) is 60.4 Å². The van der Waals surface area contributed by atoms with Crippen molar-refractivity contribution < 1.29 is 4.74 Å². The Morgan fingerprint density at radius 2 is 1.74 bits per heavy atom. The maximum Gasteiger partial charge on any atom is 0.212 e. The van der Waals surface area contributed by atoms with E-state index >= 15 is 0 Å². The first-order valence-electron chi connectivity index (χ1n) is 10.1. The van der Waals surface area contributed by atoms with E-state index in [1.165, 1.54) is 22.3 Å². The van der Waals surface area contributed by atoms with E-state index < -0.39 is 0 Å². The smallest absolute Gasteiger partial charge is 0.212 e. The lowest BCUT2D eigenvalue weighted by Crippen LogP contribution is -1.97. The van der Waals surface area contributed by atoms with Crippen molar-refractivity contribution in [3.8, 4) is 5.75 Å². The SMILES string of the molecule is Cc1ccc(CSc2nncn2/N=C/c2ccc(OCc3ccccc3C)cc2)cc1. The van der Waals surface area contributed by atoms with E-state index in [-0.39, 0.29) is 0 Å². The number of rotatable bonds is 8. The largest absolute Gasteiger partial charge is 0.489 e. The van der Waals surface area contributed by atoms with Crippen molar-refractivity contribution >= 4 is 18.0 Å². The van der Waals surface area contributed by atoms with Crippen LogP contribution in [0.15, 0.2) is 89.4 Å². The lowest BCUT2D eigenvalue weighted by Gasteiger charge is -2.08. The monoisotopic (exact) mass is 428 g/mol. The molecule has 0 aliphatic heterocycles. The average Bonchev–Trinajstić information content (AvgIpc) is 3.25. The summed E-state index contributed by atoms with van der Waals surface area (Å²) in [5.41, 5.74) is 5.91. The molecule has 0 aliphatic rings. The van der Waals surface area contributed by atoms with Gasteiger partial charge < -0.3 is 4.74 Å². The maximum absolute atomic E-state index is 5.91. The van der Waals surface area contributed by atoms with Gasteiger partial charge >= 0.3 is 0 Å². The van der Waals surface area contributed by atoms with Crippen molar-refractivity contribution in [1.29, 1.82) is 0 Å². The van der Waals surface area contributed by atoms with Crippen LogP contribution < -0.4 is 4.74 Å². The quantitative estimate of drug-likeness (QED) is 0.269. The minimum atomic E-state index is 0.558. The van der Waals surface area contributed by atoms with Crippen molar-refractivity contribution in [1.82, 2.24) is 14.9 Å². The molecule has 3 aromatic carbocycles. The minimum absolute atomic E-state index is 0.558. The highest BCUT2D eigenvalue weighted by Gasteiger charge is 2.05. The van der Waals surface area contributed by atoms with Gasteiger partial charge in [-0.25, -0.2) is 0 Å². The molecule has 156 valence electrons. The Bertz CT molecular complexity index is 1150. The van der Waals surface area contributed by atoms with Gasteiger partial charge in [0.1, 0.15) is 18.7 Å². The van der Waals surface area contributed by atoms with Gasteiger partial charge in [0, 0.05) is 5.75 Å². The molecule has 0 unspecified atom stereocenters. The van der Waals surface area contributed by atoms with E-state index in [1.54, 1.807) is 29.0 Å². The molecule has 0 spiro atoms. The second-order valence-corrected chi connectivity index (χ2v) is 8.20. The topological polar surface area (TPSA) is 52.3 Å². The fraction of sp³-hybridized carbons (Fsp3) is 0.160. The zero-order valence-corrected chi connectivity index (χ0v) is 18.4. The first-order valence-corrected chi connectivity index (χ1v) is 11.1. The average molecular weight is 429 g/mol. The van der Waals surface area contributed by atoms with Crippen molar-refractivity contribution in [2.24, 2.45) is 5.10 Å². The standard InChI is InChI=1S/C25H24N4OS/c1-19-7-9-22(10-8-19)17-31-25-28-26-18-29(25)27-15-21-11-13-24(14-12-21)30-16-23-6-4-3-5-20(23)2/h3-15,18H,16-17H2,1-2H3/b27-15+. The van der Waals surface area contributed by atoms with Crippen LogP contribution in [-0.2, 0) is 12.4 Å². The van der Waals surface area contributed by atoms with E-state index in [0.29, 0.717) is 6.61 Å². The molecule has 4 aromatic rings. The van der Waals surface area contributed by atoms with Gasteiger partial charge in [0.15, 0.2) is 0 Å². The Labute approximate surface area is 186 Å². The van der Waals surface area contributed by atoms with E-state index in [1.807, 2.05) is 36.4 Å². The zero-order valence-electron chi connectivity index (χ0n) is 17.6. The second kappa shape index (κ2) is 10.1. The van der Waals surface area contributed by atoms with E-state index in [2.05, 4.69) is 65.5 Å². The molecule has 0 radical (unpaired) electrons. The van der Waals surface area contributed by atoms with Crippen molar-refractivity contribution in [2.75, 3.05) is 0 Å². The van der Waals surface area contributed by atoms with Crippen LogP contribution in [-0.4, -0.2) is 21.1 Å². The third-order valence-corrected chi connectivity index (χ3v) is 5.86. The fourth-order valence-electron chi connectivity index (χ4n) is 2.94. The van der Waals surface area contributed by atoms with Crippen LogP contribution in [0.25, 0.3) is 0 Å². The molecule has 0 saturated heterocycles. The molecule has 1 heterocycles. The van der Waals surface area contributed by atoms with Crippen LogP contribution in [0.4, 0.5) is 0 Å². The second-order valence-electron chi connectivity index (χ2n) is 7.26. The van der Waals surface area contributed by atoms with Crippen LogP contribution >= 0.6 is 11.8 Å². The molecule has 5 nitrogen and oxygen atoms in total. The van der Waals surface area contributed by atoms with Gasteiger partial charge in [-0.2, -0.15) is 9.78 Å². The molecule has 4 rings (SSSR count). The lowest BCUT2D eigenvalue weighted by atomic mass is 10.1. The molecule has 6 heteroatoms. The minimum Gasteiger partial charge on any atom is -0.489 e. The van der Waals surface area contributed by atoms with Gasteiger partial charge in [0.2, 0.25) is 5.16 Å². The number of ether oxygens (including phenoxy) is 1. The van der Waals surface area contributed by atoms with Crippen LogP contribution in [0.1, 0.15) is 27.8 Å². The number of benzene rings is 3. The number of nitrogens with zero attached hydrogens (tertiary/aromatic N) is 4. The van der Waals surface area contributed by atoms with E-state index in [4.69, 9.17) is 4.74 Å². The summed E-state index contributed by atoms with van der Waals surface area (Å²) < 4.78 is 7.60. The van der Waals surface area contributed by atoms with Gasteiger partial charge in [0.05, 0.1) is 6.21 Å². The zero-order chi connectivity index (χ0) is 21.5. The summed E-state index contributed by atoms with van der Waals surface area (Å²) in [6.45, 7) is 4.74. The van der Waals surface area contributed by atoms with Gasteiger partial charge in [-0.3, -0.25) is 0 Å². The Morgan fingerprint density at radius 3 is 2.52 bits per heavy atom. The molecule has 0 aliphatic carbocycles. The Kier molecular flexibility index (Phi) is 6.79. The van der Waals surface area contributed by atoms with Gasteiger partial charge in [0.25, 0.3) is 0 Å². The predicted molar refractivity (Wildman–Crippen MR) is 126 cm³/mol. The molecule has 0 N–H and O–H groups in total. The molecule has 0 atom stereocenters. The lowest BCUT2D eigenvalue weighted by molar-refractivity contribution is 0.305. The Balaban J connectivity index is 1.34. The van der Waals surface area contributed by atoms with Crippen LogP contribution in [0.2, 0.25) is 0 Å². The molecule has 1 aromatic heterocycles. The first-order chi connectivity index (χ1) is 15.2. The summed E-state index contributed by atoms with van der Waals surface area (Å²) in [6.07, 6.45) is 3.41. The highest BCUT2D eigenvalue weighted by molar-refractivity contribution is 7.98. The summed E-state index contributed by atoms with van der Waals surface area (Å²) in [5, 5.41) is 13.4. The number of aromatic nitrogens is 3. The normalized spacial score (nSPS) is 11.2. The number of hydrogen-bond acceptors (Lipinski definition) is 5. The Hall–Kier alpha value is -3.38. The van der Waals surface area contributed by atoms with Crippen molar-refractivity contribution in [3.63, 3.8) is 0 Å². The molecule has 0 amide bonds. The Morgan fingerprint density at radius 1 is 0.968 bits per heavy atom. The summed E-state index contributed by atoms with van der Waals surface area (Å²) in [4.78, 5) is 0. The van der Waals surface area contributed by atoms with Crippen LogP contribution in [0.5, 0.6) is 5.75 Å². The van der Waals surface area contributed by atoms with Crippen LogP contribution in [0.3, 0.4) is 0 Å². The fourth-order valence-corrected chi connectivity index (χ4v) is 3.76. The highest BCUT2D eigenvalue weighted by Crippen LogP contribution is 2.21. The third kappa shape index (κ3) is 5.83. The predicted octanol–water partition coefficient (Wildman–Crippen LogP) is 5.65. The third-order valence-electron chi connectivity index (χ3n) is 4.86. The summed E-state index contributed by atoms with van der Waals surface area (Å²) in [5.74, 6) is 1.65. The highest BCUT2D eigenvalue weighted by atomic mass is 32.2. The number of thioether (sulfide) groups is 1. The first kappa shape index (κ1) is 20.9. The summed E-state index contributed by atoms with van der Waals surface area (Å²) in [7, 11) is 0. The van der Waals surface area contributed by atoms with Crippen molar-refractivity contribution in [3.05, 3.63) is 107 Å². The maximum atomic E-state index is 5.91. The molecule has 31 heavy (non-hydrogen) atoms. The van der Waals surface area contributed by atoms with E-state index in [0.717, 1.165) is 22.2 Å². The van der Waals surface area contributed by atoms with Crippen LogP contribution in [0, 0.1) is 13.8 Å². The molecular formula is C25H24N4OS. The number of aryl methyl sites for hydroxylation is 2. The van der Waals surface area contributed by atoms with E-state index in [9.17, 15) is 0 Å². The molecule has 0 bridgehead atoms. The summed E-state index contributed by atoms with van der Waals surface area (Å²) >= 11 is 1.61. The molecule has 0 saturated carbocycles. The molecule has 0 fully saturated rings. The molecular weight excluding hydrogens is 404 g/mol.